The van der Waals surface area contributed by atoms with Crippen molar-refractivity contribution >= 4 is 38.5 Å². The molecule has 0 saturated heterocycles. The molecule has 4 heteroatoms. The summed E-state index contributed by atoms with van der Waals surface area (Å²) in [5.41, 5.74) is 1.35. The Balaban J connectivity index is 2.48. The van der Waals surface area contributed by atoms with Crippen molar-refractivity contribution in [1.29, 1.82) is 0 Å². The fourth-order valence-electron chi connectivity index (χ4n) is 1.48. The van der Waals surface area contributed by atoms with Gasteiger partial charge in [0.05, 0.1) is 0 Å². The van der Waals surface area contributed by atoms with Crippen molar-refractivity contribution in [3.05, 3.63) is 31.8 Å². The number of halogens is 2. The van der Waals surface area contributed by atoms with Crippen LogP contribution in [0.5, 0.6) is 0 Å². The molecule has 16 heavy (non-hydrogen) atoms. The third-order valence-electron chi connectivity index (χ3n) is 2.37. The summed E-state index contributed by atoms with van der Waals surface area (Å²) in [4.78, 5) is 2.33. The van der Waals surface area contributed by atoms with Gasteiger partial charge in [-0.2, -0.15) is 0 Å². The molecular weight excluding hydrogens is 379 g/mol. The lowest BCUT2D eigenvalue weighted by Crippen LogP contribution is -2.28. The van der Waals surface area contributed by atoms with Crippen LogP contribution in [0.4, 0.5) is 0 Å². The zero-order valence-corrected chi connectivity index (χ0v) is 13.5. The van der Waals surface area contributed by atoms with Crippen molar-refractivity contribution in [2.24, 2.45) is 0 Å². The van der Waals surface area contributed by atoms with Crippen LogP contribution in [0.1, 0.15) is 12.5 Å². The molecule has 0 amide bonds. The molecule has 0 fully saturated rings. The Hall–Kier alpha value is 0.350. The molecule has 0 aliphatic heterocycles. The molecule has 1 N–H and O–H groups in total. The summed E-state index contributed by atoms with van der Waals surface area (Å²) in [6, 6.07) is 6.47. The Morgan fingerprint density at radius 2 is 2.19 bits per heavy atom. The highest BCUT2D eigenvalue weighted by atomic mass is 127. The lowest BCUT2D eigenvalue weighted by atomic mass is 10.2. The standard InChI is InChI=1S/C12H18BrIN2/c1-3-15-6-7-16(2)9-10-8-11(14)4-5-12(10)13/h4-5,8,15H,3,6-7,9H2,1-2H3. The van der Waals surface area contributed by atoms with Crippen LogP contribution >= 0.6 is 38.5 Å². The average Bonchev–Trinajstić information content (AvgIpc) is 2.24. The minimum absolute atomic E-state index is 0.989. The zero-order chi connectivity index (χ0) is 12.0. The predicted octanol–water partition coefficient (Wildman–Crippen LogP) is 3.10. The highest BCUT2D eigenvalue weighted by Crippen LogP contribution is 2.20. The Kier molecular flexibility index (Phi) is 6.87. The van der Waals surface area contributed by atoms with Crippen LogP contribution in [0.15, 0.2) is 22.7 Å². The molecule has 1 aromatic rings. The summed E-state index contributed by atoms with van der Waals surface area (Å²) in [5.74, 6) is 0. The van der Waals surface area contributed by atoms with E-state index in [-0.39, 0.29) is 0 Å². The second-order valence-corrected chi connectivity index (χ2v) is 5.93. The monoisotopic (exact) mass is 396 g/mol. The maximum Gasteiger partial charge on any atom is 0.0242 e. The Labute approximate surface area is 120 Å². The minimum Gasteiger partial charge on any atom is -0.316 e. The highest BCUT2D eigenvalue weighted by Gasteiger charge is 2.04. The van der Waals surface area contributed by atoms with Gasteiger partial charge in [-0.05, 0) is 59.9 Å². The van der Waals surface area contributed by atoms with Gasteiger partial charge in [-0.1, -0.05) is 22.9 Å². The molecule has 0 aliphatic rings. The van der Waals surface area contributed by atoms with E-state index in [1.807, 2.05) is 0 Å². The zero-order valence-electron chi connectivity index (χ0n) is 9.76. The fraction of sp³-hybridized carbons (Fsp3) is 0.500. The molecule has 0 aliphatic carbocycles. The lowest BCUT2D eigenvalue weighted by Gasteiger charge is -2.17. The first-order valence-electron chi connectivity index (χ1n) is 5.46. The number of hydrogen-bond donors (Lipinski definition) is 1. The van der Waals surface area contributed by atoms with Crippen LogP contribution in [0.2, 0.25) is 0 Å². The van der Waals surface area contributed by atoms with Crippen LogP contribution in [0.3, 0.4) is 0 Å². The first-order valence-corrected chi connectivity index (χ1v) is 7.34. The summed E-state index contributed by atoms with van der Waals surface area (Å²) in [6.45, 7) is 6.29. The van der Waals surface area contributed by atoms with E-state index >= 15 is 0 Å². The van der Waals surface area contributed by atoms with Crippen molar-refractivity contribution in [3.8, 4) is 0 Å². The molecule has 0 aromatic heterocycles. The number of likely N-dealkylation sites (N-methyl/N-ethyl adjacent to an activating group) is 2. The van der Waals surface area contributed by atoms with E-state index < -0.39 is 0 Å². The van der Waals surface area contributed by atoms with Crippen molar-refractivity contribution in [1.82, 2.24) is 10.2 Å². The van der Waals surface area contributed by atoms with Gasteiger partial charge in [-0.3, -0.25) is 0 Å². The molecule has 0 spiro atoms. The van der Waals surface area contributed by atoms with Gasteiger partial charge in [0.1, 0.15) is 0 Å². The van der Waals surface area contributed by atoms with Gasteiger partial charge in [-0.15, -0.1) is 0 Å². The van der Waals surface area contributed by atoms with Crippen LogP contribution < -0.4 is 5.32 Å². The van der Waals surface area contributed by atoms with Crippen LogP contribution in [-0.2, 0) is 6.54 Å². The Bertz CT molecular complexity index is 331. The summed E-state index contributed by atoms with van der Waals surface area (Å²) >= 11 is 5.95. The molecule has 1 rings (SSSR count). The molecule has 0 unspecified atom stereocenters. The minimum atomic E-state index is 0.989. The van der Waals surface area contributed by atoms with Gasteiger partial charge in [0, 0.05) is 27.7 Å². The molecule has 1 aromatic carbocycles. The van der Waals surface area contributed by atoms with Crippen molar-refractivity contribution < 1.29 is 0 Å². The number of nitrogens with zero attached hydrogens (tertiary/aromatic N) is 1. The van der Waals surface area contributed by atoms with Gasteiger partial charge < -0.3 is 10.2 Å². The summed E-state index contributed by atoms with van der Waals surface area (Å²) in [7, 11) is 2.16. The van der Waals surface area contributed by atoms with Gasteiger partial charge in [-0.25, -0.2) is 0 Å². The summed E-state index contributed by atoms with van der Waals surface area (Å²) in [5, 5.41) is 3.34. The molecule has 90 valence electrons. The maximum atomic E-state index is 3.60. The van der Waals surface area contributed by atoms with E-state index in [0.29, 0.717) is 0 Å². The third kappa shape index (κ3) is 5.12. The third-order valence-corrected chi connectivity index (χ3v) is 3.81. The van der Waals surface area contributed by atoms with E-state index in [0.717, 1.165) is 26.2 Å². The van der Waals surface area contributed by atoms with Gasteiger partial charge in [0.25, 0.3) is 0 Å². The summed E-state index contributed by atoms with van der Waals surface area (Å²) in [6.07, 6.45) is 0. The quantitative estimate of drug-likeness (QED) is 0.587. The first kappa shape index (κ1) is 14.4. The first-order chi connectivity index (χ1) is 7.63. The summed E-state index contributed by atoms with van der Waals surface area (Å²) < 4.78 is 2.49. The molecule has 0 saturated carbocycles. The van der Waals surface area contributed by atoms with E-state index in [9.17, 15) is 0 Å². The topological polar surface area (TPSA) is 15.3 Å². The van der Waals surface area contributed by atoms with Crippen molar-refractivity contribution in [3.63, 3.8) is 0 Å². The molecule has 0 bridgehead atoms. The normalized spacial score (nSPS) is 11.1. The number of benzene rings is 1. The molecule has 2 nitrogen and oxygen atoms in total. The van der Waals surface area contributed by atoms with E-state index in [1.165, 1.54) is 13.6 Å². The van der Waals surface area contributed by atoms with Gasteiger partial charge in [0.2, 0.25) is 0 Å². The van der Waals surface area contributed by atoms with Crippen LogP contribution in [-0.4, -0.2) is 31.6 Å². The van der Waals surface area contributed by atoms with Crippen LogP contribution in [0, 0.1) is 3.57 Å². The highest BCUT2D eigenvalue weighted by molar-refractivity contribution is 14.1. The lowest BCUT2D eigenvalue weighted by molar-refractivity contribution is 0.325. The van der Waals surface area contributed by atoms with Gasteiger partial charge in [0.15, 0.2) is 0 Å². The number of nitrogens with one attached hydrogen (secondary N) is 1. The largest absolute Gasteiger partial charge is 0.316 e. The number of hydrogen-bond acceptors (Lipinski definition) is 2. The van der Waals surface area contributed by atoms with Gasteiger partial charge >= 0.3 is 0 Å². The molecule has 0 radical (unpaired) electrons. The van der Waals surface area contributed by atoms with Crippen molar-refractivity contribution in [2.75, 3.05) is 26.7 Å². The molecule has 0 atom stereocenters. The molecule has 0 heterocycles. The second kappa shape index (κ2) is 7.63. The number of rotatable bonds is 6. The second-order valence-electron chi connectivity index (χ2n) is 3.83. The fourth-order valence-corrected chi connectivity index (χ4v) is 2.41. The Morgan fingerprint density at radius 1 is 1.44 bits per heavy atom. The van der Waals surface area contributed by atoms with E-state index in [1.54, 1.807) is 0 Å². The van der Waals surface area contributed by atoms with Crippen LogP contribution in [0.25, 0.3) is 0 Å². The molecular formula is C12H18BrIN2. The van der Waals surface area contributed by atoms with E-state index in [2.05, 4.69) is 80.9 Å². The smallest absolute Gasteiger partial charge is 0.0242 e. The van der Waals surface area contributed by atoms with E-state index in [4.69, 9.17) is 0 Å². The maximum absolute atomic E-state index is 3.60. The Morgan fingerprint density at radius 3 is 2.88 bits per heavy atom. The average molecular weight is 397 g/mol. The van der Waals surface area contributed by atoms with Crippen molar-refractivity contribution in [2.45, 2.75) is 13.5 Å². The SMILES string of the molecule is CCNCCN(C)Cc1cc(I)ccc1Br. The predicted molar refractivity (Wildman–Crippen MR) is 81.7 cm³/mol.